The van der Waals surface area contributed by atoms with Crippen molar-refractivity contribution >= 4 is 5.91 Å². The summed E-state index contributed by atoms with van der Waals surface area (Å²) in [5.41, 5.74) is 8.80. The zero-order valence-electron chi connectivity index (χ0n) is 18.5. The summed E-state index contributed by atoms with van der Waals surface area (Å²) in [6.07, 6.45) is -2.43. The fraction of sp³-hybridized carbons (Fsp3) is 0.522. The van der Waals surface area contributed by atoms with Crippen LogP contribution >= 0.6 is 0 Å². The second kappa shape index (κ2) is 10.4. The highest BCUT2D eigenvalue weighted by molar-refractivity contribution is 6.02. The molecule has 9 heteroatoms. The lowest BCUT2D eigenvalue weighted by Crippen LogP contribution is -2.37. The van der Waals surface area contributed by atoms with E-state index in [4.69, 9.17) is 10.5 Å². The van der Waals surface area contributed by atoms with Crippen LogP contribution < -0.4 is 10.5 Å². The van der Waals surface area contributed by atoms with Crippen LogP contribution in [0.1, 0.15) is 41.5 Å². The molecule has 1 aliphatic heterocycles. The van der Waals surface area contributed by atoms with Gasteiger partial charge in [0, 0.05) is 43.1 Å². The molecule has 1 aromatic heterocycles. The Morgan fingerprint density at radius 2 is 1.94 bits per heavy atom. The summed E-state index contributed by atoms with van der Waals surface area (Å²) in [4.78, 5) is 14.7. The number of alkyl halides is 3. The lowest BCUT2D eigenvalue weighted by Gasteiger charge is -2.26. The Labute approximate surface area is 186 Å². The van der Waals surface area contributed by atoms with Crippen molar-refractivity contribution in [3.8, 4) is 16.9 Å². The third-order valence-corrected chi connectivity index (χ3v) is 5.68. The summed E-state index contributed by atoms with van der Waals surface area (Å²) in [5, 5.41) is 0. The summed E-state index contributed by atoms with van der Waals surface area (Å²) in [7, 11) is 0. The first kappa shape index (κ1) is 24.1. The van der Waals surface area contributed by atoms with Crippen LogP contribution in [0.3, 0.4) is 0 Å². The molecule has 176 valence electrons. The molecule has 0 aliphatic carbocycles. The largest absolute Gasteiger partial charge is 0.573 e. The van der Waals surface area contributed by atoms with Gasteiger partial charge in [-0.3, -0.25) is 9.69 Å². The number of aromatic nitrogens is 1. The van der Waals surface area contributed by atoms with Crippen molar-refractivity contribution in [2.24, 2.45) is 5.73 Å². The molecular weight excluding hydrogens is 423 g/mol. The van der Waals surface area contributed by atoms with E-state index in [0.29, 0.717) is 29.7 Å². The van der Waals surface area contributed by atoms with E-state index < -0.39 is 12.3 Å². The number of morpholine rings is 1. The quantitative estimate of drug-likeness (QED) is 0.620. The monoisotopic (exact) mass is 453 g/mol. The lowest BCUT2D eigenvalue weighted by molar-refractivity contribution is -0.274. The van der Waals surface area contributed by atoms with Gasteiger partial charge in [-0.05, 0) is 37.5 Å². The number of carbonyl (C=O) groups is 1. The Morgan fingerprint density at radius 1 is 1.22 bits per heavy atom. The second-order valence-electron chi connectivity index (χ2n) is 7.93. The van der Waals surface area contributed by atoms with Crippen molar-refractivity contribution in [1.29, 1.82) is 0 Å². The Balaban J connectivity index is 1.96. The Kier molecular flexibility index (Phi) is 7.84. The van der Waals surface area contributed by atoms with E-state index >= 15 is 0 Å². The minimum atomic E-state index is -4.79. The molecule has 2 heterocycles. The third-order valence-electron chi connectivity index (χ3n) is 5.68. The molecule has 2 aromatic rings. The number of primary amides is 1. The van der Waals surface area contributed by atoms with E-state index in [1.807, 2.05) is 13.8 Å². The topological polar surface area (TPSA) is 69.7 Å². The number of benzene rings is 1. The molecule has 0 saturated carbocycles. The Hall–Kier alpha value is -2.52. The maximum Gasteiger partial charge on any atom is 0.573 e. The molecule has 3 rings (SSSR count). The average Bonchev–Trinajstić information content (AvgIpc) is 3.00. The van der Waals surface area contributed by atoms with Gasteiger partial charge in [-0.25, -0.2) is 0 Å². The van der Waals surface area contributed by atoms with Crippen molar-refractivity contribution in [3.63, 3.8) is 0 Å². The molecule has 6 nitrogen and oxygen atoms in total. The van der Waals surface area contributed by atoms with Gasteiger partial charge in [-0.1, -0.05) is 25.5 Å². The van der Waals surface area contributed by atoms with E-state index in [1.165, 1.54) is 18.2 Å². The number of ether oxygens (including phenoxy) is 2. The smallest absolute Gasteiger partial charge is 0.406 e. The third kappa shape index (κ3) is 5.83. The lowest BCUT2D eigenvalue weighted by atomic mass is 9.98. The molecule has 0 bridgehead atoms. The first-order valence-corrected chi connectivity index (χ1v) is 10.9. The maximum atomic E-state index is 12.7. The van der Waals surface area contributed by atoms with Crippen LogP contribution in [0, 0.1) is 6.92 Å². The SMILES string of the molecule is CCCc1c(-c2cccc(OC(F)(F)F)c2)c(C(N)=O)c(C)n1CCCN1CCOCC1. The van der Waals surface area contributed by atoms with Gasteiger partial charge >= 0.3 is 6.36 Å². The van der Waals surface area contributed by atoms with Crippen LogP contribution in [-0.4, -0.2) is 54.6 Å². The van der Waals surface area contributed by atoms with Crippen molar-refractivity contribution in [2.45, 2.75) is 46.0 Å². The standard InChI is InChI=1S/C23H30F3N3O3/c1-3-6-19-21(17-7-4-8-18(15-17)32-23(24,25)26)20(22(27)30)16(2)29(19)10-5-9-28-11-13-31-14-12-28/h4,7-8,15H,3,5-6,9-14H2,1-2H3,(H2,27,30). The summed E-state index contributed by atoms with van der Waals surface area (Å²) in [6.45, 7) is 8.73. The summed E-state index contributed by atoms with van der Waals surface area (Å²) in [6, 6.07) is 5.72. The van der Waals surface area contributed by atoms with E-state index in [-0.39, 0.29) is 5.75 Å². The molecule has 32 heavy (non-hydrogen) atoms. The zero-order valence-corrected chi connectivity index (χ0v) is 18.5. The fourth-order valence-electron chi connectivity index (χ4n) is 4.34. The molecular formula is C23H30F3N3O3. The summed E-state index contributed by atoms with van der Waals surface area (Å²) >= 11 is 0. The van der Waals surface area contributed by atoms with Crippen molar-refractivity contribution < 1.29 is 27.4 Å². The number of halogens is 3. The van der Waals surface area contributed by atoms with Gasteiger partial charge in [0.1, 0.15) is 5.75 Å². The molecule has 1 saturated heterocycles. The van der Waals surface area contributed by atoms with Crippen LogP contribution in [0.4, 0.5) is 13.2 Å². The maximum absolute atomic E-state index is 12.7. The first-order valence-electron chi connectivity index (χ1n) is 10.9. The number of nitrogens with two attached hydrogens (primary N) is 1. The molecule has 0 atom stereocenters. The van der Waals surface area contributed by atoms with Crippen LogP contribution in [-0.2, 0) is 17.7 Å². The first-order chi connectivity index (χ1) is 15.2. The summed E-state index contributed by atoms with van der Waals surface area (Å²) < 4.78 is 49.8. The van der Waals surface area contributed by atoms with Gasteiger partial charge in [0.05, 0.1) is 18.8 Å². The van der Waals surface area contributed by atoms with Crippen LogP contribution in [0.25, 0.3) is 11.1 Å². The zero-order chi connectivity index (χ0) is 23.3. The molecule has 0 unspecified atom stereocenters. The van der Waals surface area contributed by atoms with Crippen LogP contribution in [0.15, 0.2) is 24.3 Å². The predicted octanol–water partition coefficient (Wildman–Crippen LogP) is 4.14. The fourth-order valence-corrected chi connectivity index (χ4v) is 4.34. The van der Waals surface area contributed by atoms with Gasteiger partial charge in [0.15, 0.2) is 0 Å². The number of amides is 1. The Morgan fingerprint density at radius 3 is 2.56 bits per heavy atom. The van der Waals surface area contributed by atoms with E-state index in [2.05, 4.69) is 14.2 Å². The van der Waals surface area contributed by atoms with E-state index in [9.17, 15) is 18.0 Å². The number of hydrogen-bond acceptors (Lipinski definition) is 4. The normalized spacial score (nSPS) is 15.2. The number of rotatable bonds is 9. The number of nitrogens with zero attached hydrogens (tertiary/aromatic N) is 2. The molecule has 2 N–H and O–H groups in total. The van der Waals surface area contributed by atoms with Gasteiger partial charge in [-0.2, -0.15) is 0 Å². The minimum absolute atomic E-state index is 0.328. The highest BCUT2D eigenvalue weighted by Gasteiger charge is 2.31. The van der Waals surface area contributed by atoms with Gasteiger partial charge in [0.2, 0.25) is 0 Å². The summed E-state index contributed by atoms with van der Waals surface area (Å²) in [5.74, 6) is -0.922. The second-order valence-corrected chi connectivity index (χ2v) is 7.93. The Bertz CT molecular complexity index is 935. The predicted molar refractivity (Wildman–Crippen MR) is 116 cm³/mol. The van der Waals surface area contributed by atoms with Gasteiger partial charge in [0.25, 0.3) is 5.91 Å². The van der Waals surface area contributed by atoms with Crippen molar-refractivity contribution in [2.75, 3.05) is 32.8 Å². The molecule has 1 amide bonds. The molecule has 0 radical (unpaired) electrons. The molecule has 1 aliphatic rings. The average molecular weight is 454 g/mol. The van der Waals surface area contributed by atoms with Crippen molar-refractivity contribution in [3.05, 3.63) is 41.2 Å². The number of carbonyl (C=O) groups excluding carboxylic acids is 1. The van der Waals surface area contributed by atoms with E-state index in [1.54, 1.807) is 6.07 Å². The van der Waals surface area contributed by atoms with Gasteiger partial charge in [-0.15, -0.1) is 13.2 Å². The van der Waals surface area contributed by atoms with Crippen molar-refractivity contribution in [1.82, 2.24) is 9.47 Å². The minimum Gasteiger partial charge on any atom is -0.406 e. The molecule has 1 aromatic carbocycles. The highest BCUT2D eigenvalue weighted by Crippen LogP contribution is 2.36. The molecule has 0 spiro atoms. The van der Waals surface area contributed by atoms with Crippen LogP contribution in [0.2, 0.25) is 0 Å². The number of hydrogen-bond donors (Lipinski definition) is 1. The molecule has 1 fully saturated rings. The highest BCUT2D eigenvalue weighted by atomic mass is 19.4. The van der Waals surface area contributed by atoms with Crippen LogP contribution in [0.5, 0.6) is 5.75 Å². The van der Waals surface area contributed by atoms with E-state index in [0.717, 1.165) is 57.1 Å². The van der Waals surface area contributed by atoms with Gasteiger partial charge < -0.3 is 19.8 Å².